The molecule has 2 aliphatic heterocycles. The van der Waals surface area contributed by atoms with Gasteiger partial charge in [-0.3, -0.25) is 9.69 Å². The second-order valence-electron chi connectivity index (χ2n) is 7.03. The van der Waals surface area contributed by atoms with Crippen LogP contribution in [-0.2, 0) is 6.54 Å². The molecule has 1 saturated heterocycles. The number of ether oxygens (including phenoxy) is 2. The zero-order chi connectivity index (χ0) is 18.2. The molecule has 0 saturated carbocycles. The minimum Gasteiger partial charge on any atom is -0.490 e. The molecular formula is C20H21N3O3S. The molecule has 1 atom stereocenters. The summed E-state index contributed by atoms with van der Waals surface area (Å²) in [5.41, 5.74) is 1.97. The minimum atomic E-state index is -0.0451. The Bertz CT molecular complexity index is 1030. The number of nitrogens with zero attached hydrogens (tertiary/aromatic N) is 2. The number of H-pyrrole nitrogens is 1. The van der Waals surface area contributed by atoms with Crippen LogP contribution >= 0.6 is 11.3 Å². The van der Waals surface area contributed by atoms with E-state index in [0.29, 0.717) is 30.5 Å². The molecule has 1 fully saturated rings. The standard InChI is InChI=1S/C20H21N3O3S/c24-20-19-14(6-10-27-19)21-18(22-20)12-23-7-1-3-15(23)13-4-5-16-17(11-13)26-9-2-8-25-16/h4-6,10-11,15H,1-3,7-9,12H2,(H,21,22,24)/t15-/m0/s1. The van der Waals surface area contributed by atoms with Crippen LogP contribution in [0.4, 0.5) is 0 Å². The van der Waals surface area contributed by atoms with E-state index < -0.39 is 0 Å². The van der Waals surface area contributed by atoms with E-state index in [1.807, 2.05) is 17.5 Å². The van der Waals surface area contributed by atoms with Crippen molar-refractivity contribution >= 4 is 21.6 Å². The number of thiophene rings is 1. The number of aromatic nitrogens is 2. The van der Waals surface area contributed by atoms with Gasteiger partial charge in [-0.2, -0.15) is 0 Å². The van der Waals surface area contributed by atoms with Gasteiger partial charge in [0.2, 0.25) is 0 Å². The maximum Gasteiger partial charge on any atom is 0.268 e. The molecule has 3 aromatic rings. The lowest BCUT2D eigenvalue weighted by molar-refractivity contribution is 0.241. The topological polar surface area (TPSA) is 67.5 Å². The lowest BCUT2D eigenvalue weighted by Crippen LogP contribution is -2.25. The van der Waals surface area contributed by atoms with E-state index in [0.717, 1.165) is 48.6 Å². The van der Waals surface area contributed by atoms with E-state index >= 15 is 0 Å². The molecule has 0 radical (unpaired) electrons. The predicted octanol–water partition coefficient (Wildman–Crippen LogP) is 3.48. The third-order valence-electron chi connectivity index (χ3n) is 5.24. The normalized spacial score (nSPS) is 20.1. The summed E-state index contributed by atoms with van der Waals surface area (Å²) in [4.78, 5) is 22.2. The van der Waals surface area contributed by atoms with Crippen LogP contribution in [0.25, 0.3) is 10.2 Å². The van der Waals surface area contributed by atoms with Gasteiger partial charge < -0.3 is 14.5 Å². The van der Waals surface area contributed by atoms with Crippen molar-refractivity contribution in [1.82, 2.24) is 14.9 Å². The van der Waals surface area contributed by atoms with Crippen molar-refractivity contribution in [2.75, 3.05) is 19.8 Å². The number of aromatic amines is 1. The van der Waals surface area contributed by atoms with Crippen molar-refractivity contribution in [3.05, 3.63) is 51.4 Å². The van der Waals surface area contributed by atoms with Crippen LogP contribution < -0.4 is 15.0 Å². The number of likely N-dealkylation sites (tertiary alicyclic amines) is 1. The van der Waals surface area contributed by atoms with Gasteiger partial charge in [0, 0.05) is 12.5 Å². The summed E-state index contributed by atoms with van der Waals surface area (Å²) in [6, 6.07) is 8.47. The third kappa shape index (κ3) is 3.21. The Labute approximate surface area is 160 Å². The Morgan fingerprint density at radius 2 is 2.07 bits per heavy atom. The molecule has 4 heterocycles. The fourth-order valence-corrected chi connectivity index (χ4v) is 4.69. The Hall–Kier alpha value is -2.38. The van der Waals surface area contributed by atoms with Gasteiger partial charge in [0.05, 0.1) is 25.3 Å². The largest absolute Gasteiger partial charge is 0.490 e. The summed E-state index contributed by atoms with van der Waals surface area (Å²) in [7, 11) is 0. The van der Waals surface area contributed by atoms with Crippen LogP contribution in [0, 0.1) is 0 Å². The highest BCUT2D eigenvalue weighted by Crippen LogP contribution is 2.38. The first-order valence-electron chi connectivity index (χ1n) is 9.38. The fraction of sp³-hybridized carbons (Fsp3) is 0.400. The highest BCUT2D eigenvalue weighted by atomic mass is 32.1. The monoisotopic (exact) mass is 383 g/mol. The van der Waals surface area contributed by atoms with Crippen LogP contribution in [0.15, 0.2) is 34.4 Å². The molecule has 140 valence electrons. The minimum absolute atomic E-state index is 0.0451. The number of hydrogen-bond donors (Lipinski definition) is 1. The smallest absolute Gasteiger partial charge is 0.268 e. The molecule has 1 N–H and O–H groups in total. The molecule has 5 rings (SSSR count). The van der Waals surface area contributed by atoms with Gasteiger partial charge in [-0.05, 0) is 48.5 Å². The summed E-state index contributed by atoms with van der Waals surface area (Å²) in [5.74, 6) is 2.39. The first-order chi connectivity index (χ1) is 13.3. The number of rotatable bonds is 3. The molecule has 0 aliphatic carbocycles. The van der Waals surface area contributed by atoms with Crippen LogP contribution in [0.5, 0.6) is 11.5 Å². The van der Waals surface area contributed by atoms with E-state index in [2.05, 4.69) is 27.0 Å². The highest BCUT2D eigenvalue weighted by molar-refractivity contribution is 7.17. The highest BCUT2D eigenvalue weighted by Gasteiger charge is 2.28. The maximum atomic E-state index is 12.2. The zero-order valence-corrected chi connectivity index (χ0v) is 15.8. The van der Waals surface area contributed by atoms with Gasteiger partial charge in [-0.25, -0.2) is 4.98 Å². The summed E-state index contributed by atoms with van der Waals surface area (Å²) >= 11 is 1.43. The fourth-order valence-electron chi connectivity index (χ4n) is 3.97. The molecule has 2 aliphatic rings. The van der Waals surface area contributed by atoms with Gasteiger partial charge in [-0.15, -0.1) is 11.3 Å². The Morgan fingerprint density at radius 3 is 3.00 bits per heavy atom. The molecule has 0 amide bonds. The first-order valence-corrected chi connectivity index (χ1v) is 10.3. The van der Waals surface area contributed by atoms with E-state index in [-0.39, 0.29) is 5.56 Å². The van der Waals surface area contributed by atoms with Crippen LogP contribution in [0.1, 0.15) is 36.7 Å². The van der Waals surface area contributed by atoms with Crippen LogP contribution in [-0.4, -0.2) is 34.6 Å². The second kappa shape index (κ2) is 6.98. The van der Waals surface area contributed by atoms with Gasteiger partial charge in [0.1, 0.15) is 10.5 Å². The molecule has 27 heavy (non-hydrogen) atoms. The van der Waals surface area contributed by atoms with Gasteiger partial charge in [0.15, 0.2) is 11.5 Å². The number of hydrogen-bond acceptors (Lipinski definition) is 6. The van der Waals surface area contributed by atoms with Crippen molar-refractivity contribution in [3.8, 4) is 11.5 Å². The van der Waals surface area contributed by atoms with Crippen molar-refractivity contribution in [3.63, 3.8) is 0 Å². The average Bonchev–Trinajstić information content (AvgIpc) is 3.26. The third-order valence-corrected chi connectivity index (χ3v) is 6.14. The average molecular weight is 383 g/mol. The molecule has 0 bridgehead atoms. The molecule has 0 unspecified atom stereocenters. The molecule has 6 nitrogen and oxygen atoms in total. The van der Waals surface area contributed by atoms with Crippen molar-refractivity contribution in [1.29, 1.82) is 0 Å². The lowest BCUT2D eigenvalue weighted by Gasteiger charge is -2.25. The number of nitrogens with one attached hydrogen (secondary N) is 1. The molecular weight excluding hydrogens is 362 g/mol. The van der Waals surface area contributed by atoms with Gasteiger partial charge in [-0.1, -0.05) is 6.07 Å². The van der Waals surface area contributed by atoms with Crippen molar-refractivity contribution < 1.29 is 9.47 Å². The SMILES string of the molecule is O=c1[nH]c(CN2CCC[C@H]2c2ccc3c(c2)OCCCO3)nc2ccsc12. The first kappa shape index (κ1) is 16.8. The predicted molar refractivity (Wildman–Crippen MR) is 105 cm³/mol. The lowest BCUT2D eigenvalue weighted by atomic mass is 10.0. The van der Waals surface area contributed by atoms with Gasteiger partial charge in [0.25, 0.3) is 5.56 Å². The summed E-state index contributed by atoms with van der Waals surface area (Å²) < 4.78 is 12.3. The number of fused-ring (bicyclic) bond motifs is 2. The van der Waals surface area contributed by atoms with E-state index in [9.17, 15) is 4.79 Å². The molecule has 2 aromatic heterocycles. The Morgan fingerprint density at radius 1 is 1.19 bits per heavy atom. The molecule has 7 heteroatoms. The molecule has 1 aromatic carbocycles. The Balaban J connectivity index is 1.41. The quantitative estimate of drug-likeness (QED) is 0.750. The van der Waals surface area contributed by atoms with Crippen molar-refractivity contribution in [2.24, 2.45) is 0 Å². The maximum absolute atomic E-state index is 12.2. The number of benzene rings is 1. The summed E-state index contributed by atoms with van der Waals surface area (Å²) in [5, 5.41) is 1.91. The van der Waals surface area contributed by atoms with E-state index in [4.69, 9.17) is 9.47 Å². The summed E-state index contributed by atoms with van der Waals surface area (Å²) in [6.07, 6.45) is 3.12. The van der Waals surface area contributed by atoms with Crippen LogP contribution in [0.2, 0.25) is 0 Å². The second-order valence-corrected chi connectivity index (χ2v) is 7.95. The van der Waals surface area contributed by atoms with Crippen molar-refractivity contribution in [2.45, 2.75) is 31.8 Å². The Kier molecular flexibility index (Phi) is 4.33. The van der Waals surface area contributed by atoms with Gasteiger partial charge >= 0.3 is 0 Å². The van der Waals surface area contributed by atoms with E-state index in [1.165, 1.54) is 16.9 Å². The van der Waals surface area contributed by atoms with E-state index in [1.54, 1.807) is 0 Å². The van der Waals surface area contributed by atoms with Crippen LogP contribution in [0.3, 0.4) is 0 Å². The summed E-state index contributed by atoms with van der Waals surface area (Å²) in [6.45, 7) is 3.02. The zero-order valence-electron chi connectivity index (χ0n) is 14.9. The molecule has 0 spiro atoms.